The molecule has 7 heteroatoms. The molecule has 5 nitrogen and oxygen atoms in total. The molecule has 2 N–H and O–H groups in total. The van der Waals surface area contributed by atoms with Crippen LogP contribution >= 0.6 is 35.6 Å². The lowest BCUT2D eigenvalue weighted by Gasteiger charge is -2.36. The van der Waals surface area contributed by atoms with Gasteiger partial charge in [0.25, 0.3) is 0 Å². The van der Waals surface area contributed by atoms with Crippen LogP contribution in [0.3, 0.4) is 0 Å². The lowest BCUT2D eigenvalue weighted by Crippen LogP contribution is -2.52. The number of hydrogen-bond donors (Lipinski definition) is 2. The summed E-state index contributed by atoms with van der Waals surface area (Å²) in [7, 11) is 2.20. The molecule has 1 heterocycles. The van der Waals surface area contributed by atoms with Gasteiger partial charge in [-0.1, -0.05) is 23.7 Å². The maximum Gasteiger partial charge on any atom is 0.191 e. The van der Waals surface area contributed by atoms with E-state index in [-0.39, 0.29) is 29.4 Å². The van der Waals surface area contributed by atoms with Gasteiger partial charge in [-0.2, -0.15) is 0 Å². The Morgan fingerprint density at radius 3 is 2.54 bits per heavy atom. The standard InChI is InChI=1S/C21H34ClN5.HI/c1-4-23-20(24-15-17(2)27-12-10-26(3)11-13-27)25-16-21(8-9-21)18-6-5-7-19(22)14-18;/h5-7,14,17H,4,8-13,15-16H2,1-3H3,(H2,23,24,25);1H. The van der Waals surface area contributed by atoms with Crippen LogP contribution in [0.1, 0.15) is 32.3 Å². The summed E-state index contributed by atoms with van der Waals surface area (Å²) in [5, 5.41) is 7.76. The van der Waals surface area contributed by atoms with Gasteiger partial charge in [0.15, 0.2) is 5.96 Å². The van der Waals surface area contributed by atoms with Gasteiger partial charge in [0, 0.05) is 55.7 Å². The van der Waals surface area contributed by atoms with Crippen LogP contribution in [0, 0.1) is 0 Å². The summed E-state index contributed by atoms with van der Waals surface area (Å²) in [4.78, 5) is 9.86. The van der Waals surface area contributed by atoms with Gasteiger partial charge in [0.05, 0.1) is 6.54 Å². The van der Waals surface area contributed by atoms with Crippen LogP contribution in [0.15, 0.2) is 29.3 Å². The average molecular weight is 520 g/mol. The number of hydrogen-bond acceptors (Lipinski definition) is 3. The SMILES string of the molecule is CCNC(=NCC1(c2cccc(Cl)c2)CC1)NCC(C)N1CCN(C)CC1.I. The highest BCUT2D eigenvalue weighted by Crippen LogP contribution is 2.48. The molecule has 158 valence electrons. The fraction of sp³-hybridized carbons (Fsp3) is 0.667. The molecule has 0 aromatic heterocycles. The van der Waals surface area contributed by atoms with Crippen molar-refractivity contribution in [1.82, 2.24) is 20.4 Å². The zero-order chi connectivity index (χ0) is 19.3. The zero-order valence-corrected chi connectivity index (χ0v) is 20.5. The van der Waals surface area contributed by atoms with Crippen LogP contribution in [0.2, 0.25) is 5.02 Å². The molecule has 1 unspecified atom stereocenters. The Labute approximate surface area is 192 Å². The van der Waals surface area contributed by atoms with E-state index < -0.39 is 0 Å². The molecule has 1 saturated heterocycles. The van der Waals surface area contributed by atoms with E-state index >= 15 is 0 Å². The Bertz CT molecular complexity index is 641. The Balaban J connectivity index is 0.00000280. The third-order valence-corrected chi connectivity index (χ3v) is 6.14. The molecule has 2 aliphatic rings. The lowest BCUT2D eigenvalue weighted by atomic mass is 9.96. The number of nitrogens with zero attached hydrogens (tertiary/aromatic N) is 3. The smallest absolute Gasteiger partial charge is 0.191 e. The molecule has 1 atom stereocenters. The first-order valence-corrected chi connectivity index (χ1v) is 10.6. The predicted octanol–water partition coefficient (Wildman–Crippen LogP) is 3.18. The van der Waals surface area contributed by atoms with Crippen LogP contribution in [0.5, 0.6) is 0 Å². The second-order valence-corrected chi connectivity index (χ2v) is 8.49. The number of halogens is 2. The summed E-state index contributed by atoms with van der Waals surface area (Å²) >= 11 is 6.19. The van der Waals surface area contributed by atoms with Gasteiger partial charge in [-0.15, -0.1) is 24.0 Å². The number of nitrogens with one attached hydrogen (secondary N) is 2. The molecule has 1 aromatic carbocycles. The van der Waals surface area contributed by atoms with Gasteiger partial charge in [0.1, 0.15) is 0 Å². The molecular weight excluding hydrogens is 485 g/mol. The van der Waals surface area contributed by atoms with Crippen LogP contribution in [-0.4, -0.2) is 74.7 Å². The second-order valence-electron chi connectivity index (χ2n) is 8.06. The minimum atomic E-state index is 0. The summed E-state index contributed by atoms with van der Waals surface area (Å²) in [5.41, 5.74) is 1.50. The van der Waals surface area contributed by atoms with Crippen molar-refractivity contribution in [2.75, 3.05) is 52.9 Å². The molecule has 1 aliphatic heterocycles. The van der Waals surface area contributed by atoms with Gasteiger partial charge < -0.3 is 15.5 Å². The molecule has 3 rings (SSSR count). The van der Waals surface area contributed by atoms with Crippen molar-refractivity contribution >= 4 is 41.5 Å². The molecule has 0 amide bonds. The normalized spacial score (nSPS) is 20.9. The maximum absolute atomic E-state index is 6.19. The van der Waals surface area contributed by atoms with Gasteiger partial charge in [-0.25, -0.2) is 0 Å². The molecule has 1 aromatic rings. The first-order valence-electron chi connectivity index (χ1n) is 10.2. The van der Waals surface area contributed by atoms with E-state index in [1.54, 1.807) is 0 Å². The van der Waals surface area contributed by atoms with Crippen molar-refractivity contribution in [3.63, 3.8) is 0 Å². The molecule has 1 aliphatic carbocycles. The minimum Gasteiger partial charge on any atom is -0.357 e. The van der Waals surface area contributed by atoms with Gasteiger partial charge >= 0.3 is 0 Å². The van der Waals surface area contributed by atoms with E-state index in [2.05, 4.69) is 53.5 Å². The number of aliphatic imine (C=N–C) groups is 1. The van der Waals surface area contributed by atoms with E-state index in [1.807, 2.05) is 12.1 Å². The predicted molar refractivity (Wildman–Crippen MR) is 130 cm³/mol. The van der Waals surface area contributed by atoms with Crippen molar-refractivity contribution in [2.24, 2.45) is 4.99 Å². The highest BCUT2D eigenvalue weighted by Gasteiger charge is 2.44. The van der Waals surface area contributed by atoms with Gasteiger partial charge in [-0.05, 0) is 51.4 Å². The topological polar surface area (TPSA) is 42.9 Å². The first-order chi connectivity index (χ1) is 13.0. The molecule has 0 bridgehead atoms. The Kier molecular flexibility index (Phi) is 9.31. The first kappa shape index (κ1) is 23.7. The van der Waals surface area contributed by atoms with E-state index in [4.69, 9.17) is 16.6 Å². The zero-order valence-electron chi connectivity index (χ0n) is 17.4. The number of piperazine rings is 1. The van der Waals surface area contributed by atoms with Crippen LogP contribution in [0.25, 0.3) is 0 Å². The third kappa shape index (κ3) is 6.47. The molecule has 0 radical (unpaired) electrons. The van der Waals surface area contributed by atoms with Crippen LogP contribution in [-0.2, 0) is 5.41 Å². The fourth-order valence-electron chi connectivity index (χ4n) is 3.72. The van der Waals surface area contributed by atoms with Crippen LogP contribution in [0.4, 0.5) is 0 Å². The molecule has 1 saturated carbocycles. The Morgan fingerprint density at radius 1 is 1.21 bits per heavy atom. The van der Waals surface area contributed by atoms with Gasteiger partial charge in [-0.3, -0.25) is 9.89 Å². The van der Waals surface area contributed by atoms with Crippen molar-refractivity contribution in [1.29, 1.82) is 0 Å². The maximum atomic E-state index is 6.19. The average Bonchev–Trinajstić information content (AvgIpc) is 3.45. The molecular formula is C21H35ClIN5. The van der Waals surface area contributed by atoms with E-state index in [0.717, 1.165) is 56.8 Å². The number of guanidine groups is 1. The van der Waals surface area contributed by atoms with Crippen molar-refractivity contribution in [3.05, 3.63) is 34.9 Å². The Morgan fingerprint density at radius 2 is 1.93 bits per heavy atom. The monoisotopic (exact) mass is 519 g/mol. The van der Waals surface area contributed by atoms with E-state index in [9.17, 15) is 0 Å². The van der Waals surface area contributed by atoms with Gasteiger partial charge in [0.2, 0.25) is 0 Å². The fourth-order valence-corrected chi connectivity index (χ4v) is 3.91. The Hall–Kier alpha value is -0.570. The summed E-state index contributed by atoms with van der Waals surface area (Å²) in [6.07, 6.45) is 2.38. The quantitative estimate of drug-likeness (QED) is 0.330. The van der Waals surface area contributed by atoms with E-state index in [0.29, 0.717) is 6.04 Å². The van der Waals surface area contributed by atoms with Crippen molar-refractivity contribution in [2.45, 2.75) is 38.1 Å². The van der Waals surface area contributed by atoms with E-state index in [1.165, 1.54) is 18.4 Å². The second kappa shape index (κ2) is 11.0. The summed E-state index contributed by atoms with van der Waals surface area (Å²) < 4.78 is 0. The molecule has 28 heavy (non-hydrogen) atoms. The van der Waals surface area contributed by atoms with Crippen LogP contribution < -0.4 is 10.6 Å². The lowest BCUT2D eigenvalue weighted by molar-refractivity contribution is 0.120. The number of likely N-dealkylation sites (N-methyl/N-ethyl adjacent to an activating group) is 1. The summed E-state index contributed by atoms with van der Waals surface area (Å²) in [6.45, 7) is 11.6. The number of benzene rings is 1. The number of rotatable bonds is 7. The summed E-state index contributed by atoms with van der Waals surface area (Å²) in [6, 6.07) is 8.77. The largest absolute Gasteiger partial charge is 0.357 e. The highest BCUT2D eigenvalue weighted by atomic mass is 127. The highest BCUT2D eigenvalue weighted by molar-refractivity contribution is 14.0. The van der Waals surface area contributed by atoms with Crippen molar-refractivity contribution in [3.8, 4) is 0 Å². The molecule has 0 spiro atoms. The van der Waals surface area contributed by atoms with Crippen molar-refractivity contribution < 1.29 is 0 Å². The summed E-state index contributed by atoms with van der Waals surface area (Å²) in [5.74, 6) is 0.923. The minimum absolute atomic E-state index is 0. The molecule has 2 fully saturated rings. The third-order valence-electron chi connectivity index (χ3n) is 5.90.